The van der Waals surface area contributed by atoms with Crippen molar-refractivity contribution < 1.29 is 20.9 Å². The molecular formula is C17H21Cl2N5O4. The Kier molecular flexibility index (Phi) is 9.97. The minimum Gasteiger partial charge on any atom is -0.481 e. The first-order valence-corrected chi connectivity index (χ1v) is 8.22. The number of aliphatic carboxylic acids is 1. The molecule has 3 rings (SSSR count). The van der Waals surface area contributed by atoms with E-state index in [0.717, 1.165) is 29.1 Å². The lowest BCUT2D eigenvalue weighted by molar-refractivity contribution is -0.134. The fourth-order valence-electron chi connectivity index (χ4n) is 2.14. The molecule has 0 aliphatic heterocycles. The molecule has 0 fully saturated rings. The summed E-state index contributed by atoms with van der Waals surface area (Å²) in [5.41, 5.74) is 14.1. The van der Waals surface area contributed by atoms with Gasteiger partial charge in [0.05, 0.1) is 15.6 Å². The van der Waals surface area contributed by atoms with Gasteiger partial charge in [-0.05, 0) is 35.9 Å². The summed E-state index contributed by atoms with van der Waals surface area (Å²) in [6.45, 7) is 1.69. The van der Waals surface area contributed by atoms with Crippen LogP contribution in [-0.2, 0) is 11.3 Å². The Morgan fingerprint density at radius 1 is 1.07 bits per heavy atom. The molecule has 2 aromatic carbocycles. The van der Waals surface area contributed by atoms with Crippen molar-refractivity contribution in [2.45, 2.75) is 13.5 Å². The summed E-state index contributed by atoms with van der Waals surface area (Å²) in [6.07, 6.45) is 0. The van der Waals surface area contributed by atoms with E-state index >= 15 is 0 Å². The first-order valence-electron chi connectivity index (χ1n) is 7.46. The van der Waals surface area contributed by atoms with Crippen molar-refractivity contribution in [1.82, 2.24) is 9.97 Å². The Morgan fingerprint density at radius 3 is 2.32 bits per heavy atom. The van der Waals surface area contributed by atoms with Crippen molar-refractivity contribution in [3.63, 3.8) is 0 Å². The third kappa shape index (κ3) is 7.05. The van der Waals surface area contributed by atoms with Gasteiger partial charge in [-0.15, -0.1) is 0 Å². The van der Waals surface area contributed by atoms with E-state index in [9.17, 15) is 0 Å². The maximum Gasteiger partial charge on any atom is 0.300 e. The SMILES string of the molecule is CC(=O)O.Nc1nc(N)c2cc(CNc3ccc(Cl)c(Cl)c3)ccc2n1.O.O. The highest BCUT2D eigenvalue weighted by Gasteiger charge is 2.05. The Morgan fingerprint density at radius 2 is 1.71 bits per heavy atom. The molecule has 0 bridgehead atoms. The molecule has 0 aliphatic rings. The molecule has 28 heavy (non-hydrogen) atoms. The van der Waals surface area contributed by atoms with E-state index in [4.69, 9.17) is 44.6 Å². The van der Waals surface area contributed by atoms with Crippen molar-refractivity contribution in [2.24, 2.45) is 0 Å². The highest BCUT2D eigenvalue weighted by atomic mass is 35.5. The number of carbonyl (C=O) groups is 1. The van der Waals surface area contributed by atoms with E-state index in [1.807, 2.05) is 24.3 Å². The number of hydrogen-bond acceptors (Lipinski definition) is 6. The van der Waals surface area contributed by atoms with Gasteiger partial charge in [-0.1, -0.05) is 29.3 Å². The van der Waals surface area contributed by atoms with E-state index in [2.05, 4.69) is 15.3 Å². The molecular weight excluding hydrogens is 409 g/mol. The molecule has 0 amide bonds. The molecule has 0 unspecified atom stereocenters. The van der Waals surface area contributed by atoms with Crippen LogP contribution in [0.15, 0.2) is 36.4 Å². The summed E-state index contributed by atoms with van der Waals surface area (Å²) >= 11 is 11.9. The van der Waals surface area contributed by atoms with Crippen LogP contribution in [0.5, 0.6) is 0 Å². The van der Waals surface area contributed by atoms with Gasteiger partial charge in [0, 0.05) is 24.5 Å². The van der Waals surface area contributed by atoms with Crippen LogP contribution in [0.25, 0.3) is 10.9 Å². The van der Waals surface area contributed by atoms with Crippen molar-refractivity contribution in [3.05, 3.63) is 52.0 Å². The van der Waals surface area contributed by atoms with Crippen molar-refractivity contribution in [3.8, 4) is 0 Å². The number of halogens is 2. The van der Waals surface area contributed by atoms with E-state index < -0.39 is 5.97 Å². The van der Waals surface area contributed by atoms with Gasteiger partial charge in [-0.25, -0.2) is 4.98 Å². The van der Waals surface area contributed by atoms with Crippen molar-refractivity contribution >= 4 is 57.5 Å². The Bertz CT molecular complexity index is 952. The third-order valence-electron chi connectivity index (χ3n) is 3.22. The Balaban J connectivity index is 0.00000111. The van der Waals surface area contributed by atoms with Gasteiger partial charge in [-0.3, -0.25) is 4.79 Å². The van der Waals surface area contributed by atoms with Gasteiger partial charge < -0.3 is 32.8 Å². The minimum absolute atomic E-state index is 0. The highest BCUT2D eigenvalue weighted by molar-refractivity contribution is 6.42. The molecule has 0 spiro atoms. The van der Waals surface area contributed by atoms with E-state index in [-0.39, 0.29) is 16.9 Å². The fourth-order valence-corrected chi connectivity index (χ4v) is 2.44. The van der Waals surface area contributed by atoms with Crippen LogP contribution in [0.3, 0.4) is 0 Å². The van der Waals surface area contributed by atoms with Gasteiger partial charge in [-0.2, -0.15) is 4.98 Å². The van der Waals surface area contributed by atoms with Gasteiger partial charge in [0.2, 0.25) is 5.95 Å². The van der Waals surface area contributed by atoms with Crippen LogP contribution in [0.4, 0.5) is 17.5 Å². The summed E-state index contributed by atoms with van der Waals surface area (Å²) in [5.74, 6) is -0.287. The molecule has 0 aliphatic carbocycles. The first-order chi connectivity index (χ1) is 12.3. The van der Waals surface area contributed by atoms with E-state index in [1.165, 1.54) is 0 Å². The highest BCUT2D eigenvalue weighted by Crippen LogP contribution is 2.26. The van der Waals surface area contributed by atoms with Crippen LogP contribution in [0.1, 0.15) is 12.5 Å². The zero-order valence-corrected chi connectivity index (χ0v) is 16.3. The monoisotopic (exact) mass is 429 g/mol. The van der Waals surface area contributed by atoms with E-state index in [1.54, 1.807) is 12.1 Å². The molecule has 0 atom stereocenters. The molecule has 3 aromatic rings. The molecule has 0 saturated carbocycles. The number of nitrogen functional groups attached to an aromatic ring is 2. The zero-order valence-electron chi connectivity index (χ0n) is 14.8. The number of nitrogens with zero attached hydrogens (tertiary/aromatic N) is 2. The van der Waals surface area contributed by atoms with Gasteiger partial charge in [0.15, 0.2) is 0 Å². The zero-order chi connectivity index (χ0) is 19.3. The second-order valence-electron chi connectivity index (χ2n) is 5.32. The number of carboxylic acid groups (broad SMARTS) is 1. The van der Waals surface area contributed by atoms with Crippen LogP contribution >= 0.6 is 23.2 Å². The largest absolute Gasteiger partial charge is 0.481 e. The summed E-state index contributed by atoms with van der Waals surface area (Å²) in [4.78, 5) is 17.1. The number of aromatic nitrogens is 2. The number of benzene rings is 2. The lowest BCUT2D eigenvalue weighted by Gasteiger charge is -2.09. The summed E-state index contributed by atoms with van der Waals surface area (Å²) in [6, 6.07) is 11.2. The lowest BCUT2D eigenvalue weighted by Crippen LogP contribution is -2.03. The number of nitrogens with one attached hydrogen (secondary N) is 1. The predicted molar refractivity (Wildman–Crippen MR) is 113 cm³/mol. The smallest absolute Gasteiger partial charge is 0.300 e. The summed E-state index contributed by atoms with van der Waals surface area (Å²) < 4.78 is 0. The standard InChI is InChI=1S/C15H13Cl2N5.C2H4O2.2H2O/c16-11-3-2-9(6-12(11)17)20-7-8-1-4-13-10(5-8)14(18)22-15(19)21-13;1-2(3)4;;/h1-6,20H,7H2,(H4,18,19,21,22);1H3,(H,3,4);2*1H2. The fraction of sp³-hybridized carbons (Fsp3) is 0.118. The average Bonchev–Trinajstić information content (AvgIpc) is 2.55. The molecule has 1 heterocycles. The molecule has 11 heteroatoms. The lowest BCUT2D eigenvalue weighted by atomic mass is 10.1. The maximum atomic E-state index is 9.00. The number of fused-ring (bicyclic) bond motifs is 1. The molecule has 10 N–H and O–H groups in total. The quantitative estimate of drug-likeness (QED) is 0.489. The molecule has 0 radical (unpaired) electrons. The van der Waals surface area contributed by atoms with E-state index in [0.29, 0.717) is 22.4 Å². The van der Waals surface area contributed by atoms with Gasteiger partial charge >= 0.3 is 0 Å². The second-order valence-corrected chi connectivity index (χ2v) is 6.13. The number of hydrogen-bond donors (Lipinski definition) is 4. The van der Waals surface area contributed by atoms with Gasteiger partial charge in [0.1, 0.15) is 5.82 Å². The number of anilines is 3. The number of nitrogens with two attached hydrogens (primary N) is 2. The second kappa shape index (κ2) is 11.1. The van der Waals surface area contributed by atoms with Crippen molar-refractivity contribution in [2.75, 3.05) is 16.8 Å². The molecule has 1 aromatic heterocycles. The third-order valence-corrected chi connectivity index (χ3v) is 3.96. The van der Waals surface area contributed by atoms with Crippen LogP contribution in [0, 0.1) is 0 Å². The number of carboxylic acids is 1. The Hall–Kier alpha value is -2.85. The van der Waals surface area contributed by atoms with Crippen LogP contribution in [-0.4, -0.2) is 32.0 Å². The molecule has 9 nitrogen and oxygen atoms in total. The average molecular weight is 430 g/mol. The molecule has 0 saturated heterocycles. The maximum absolute atomic E-state index is 9.00. The summed E-state index contributed by atoms with van der Waals surface area (Å²) in [5, 5.41) is 12.5. The van der Waals surface area contributed by atoms with Crippen LogP contribution < -0.4 is 16.8 Å². The minimum atomic E-state index is -0.833. The first kappa shape index (κ1) is 25.2. The van der Waals surface area contributed by atoms with Gasteiger partial charge in [0.25, 0.3) is 5.97 Å². The Labute approximate surface area is 170 Å². The number of rotatable bonds is 3. The summed E-state index contributed by atoms with van der Waals surface area (Å²) in [7, 11) is 0. The topological polar surface area (TPSA) is 190 Å². The van der Waals surface area contributed by atoms with Crippen LogP contribution in [0.2, 0.25) is 10.0 Å². The molecule has 152 valence electrons. The van der Waals surface area contributed by atoms with Crippen molar-refractivity contribution in [1.29, 1.82) is 0 Å². The normalized spacial score (nSPS) is 9.39. The predicted octanol–water partition coefficient (Wildman–Crippen LogP) is 2.15.